The molecule has 12 heteroatoms. The maximum atomic E-state index is 10.0. The zero-order valence-corrected chi connectivity index (χ0v) is 6.89. The second-order valence-corrected chi connectivity index (χ2v) is 2.27. The fourth-order valence-corrected chi connectivity index (χ4v) is 0.815. The molecule has 2 aromatic rings. The van der Waals surface area contributed by atoms with Gasteiger partial charge in [0.2, 0.25) is 5.82 Å². The van der Waals surface area contributed by atoms with Gasteiger partial charge in [-0.05, 0) is 10.4 Å². The molecule has 2 heterocycles. The molecule has 2 rings (SSSR count). The van der Waals surface area contributed by atoms with E-state index in [0.29, 0.717) is 4.85 Å². The van der Waals surface area contributed by atoms with Gasteiger partial charge >= 0.3 is 0 Å². The van der Waals surface area contributed by atoms with Crippen molar-refractivity contribution in [3.8, 4) is 11.6 Å². The van der Waals surface area contributed by atoms with Crippen LogP contribution in [-0.2, 0) is 0 Å². The summed E-state index contributed by atoms with van der Waals surface area (Å²) in [5.41, 5.74) is 1.74. The SMILES string of the molecule is O=[N+]([O-])Nc1nc(-c2nnnn2O)n[nH]1. The summed E-state index contributed by atoms with van der Waals surface area (Å²) in [6.07, 6.45) is 0. The summed E-state index contributed by atoms with van der Waals surface area (Å²) in [4.78, 5) is 14.0. The van der Waals surface area contributed by atoms with Crippen LogP contribution < -0.4 is 5.43 Å². The molecule has 0 aromatic carbocycles. The Bertz CT molecular complexity index is 486. The number of anilines is 1. The lowest BCUT2D eigenvalue weighted by atomic mass is 10.6. The lowest BCUT2D eigenvalue weighted by Crippen LogP contribution is -2.09. The summed E-state index contributed by atoms with van der Waals surface area (Å²) in [6, 6.07) is 0. The average molecular weight is 213 g/mol. The Kier molecular flexibility index (Phi) is 1.86. The topological polar surface area (TPSA) is 161 Å². The van der Waals surface area contributed by atoms with Gasteiger partial charge < -0.3 is 5.21 Å². The molecule has 3 N–H and O–H groups in total. The van der Waals surface area contributed by atoms with Crippen molar-refractivity contribution >= 4 is 5.95 Å². The molecule has 0 bridgehead atoms. The molecule has 0 aliphatic rings. The zero-order chi connectivity index (χ0) is 10.8. The smallest absolute Gasteiger partial charge is 0.281 e. The Morgan fingerprint density at radius 1 is 1.60 bits per heavy atom. The normalized spacial score (nSPS) is 10.1. The van der Waals surface area contributed by atoms with E-state index in [-0.39, 0.29) is 17.6 Å². The lowest BCUT2D eigenvalue weighted by Gasteiger charge is -1.88. The van der Waals surface area contributed by atoms with Crippen LogP contribution >= 0.6 is 0 Å². The highest BCUT2D eigenvalue weighted by Crippen LogP contribution is 2.09. The molecule has 0 aliphatic carbocycles. The van der Waals surface area contributed by atoms with Crippen molar-refractivity contribution in [1.82, 2.24) is 35.6 Å². The van der Waals surface area contributed by atoms with Gasteiger partial charge in [-0.15, -0.1) is 10.2 Å². The molecular formula is C3H3N9O3. The maximum Gasteiger partial charge on any atom is 0.281 e. The number of nitrogens with zero attached hydrogens (tertiary/aromatic N) is 7. The molecule has 0 saturated carbocycles. The summed E-state index contributed by atoms with van der Waals surface area (Å²) >= 11 is 0. The minimum absolute atomic E-state index is 0.0770. The fourth-order valence-electron chi connectivity index (χ4n) is 0.815. The molecule has 2 aromatic heterocycles. The van der Waals surface area contributed by atoms with E-state index in [1.54, 1.807) is 5.43 Å². The third kappa shape index (κ3) is 1.62. The number of aromatic amines is 1. The van der Waals surface area contributed by atoms with Gasteiger partial charge in [-0.1, -0.05) is 10.3 Å². The van der Waals surface area contributed by atoms with Crippen LogP contribution in [0.5, 0.6) is 0 Å². The number of aromatic nitrogens is 7. The van der Waals surface area contributed by atoms with Crippen molar-refractivity contribution in [3.05, 3.63) is 10.1 Å². The van der Waals surface area contributed by atoms with Gasteiger partial charge in [0, 0.05) is 0 Å². The van der Waals surface area contributed by atoms with Crippen molar-refractivity contribution < 1.29 is 10.2 Å². The summed E-state index contributed by atoms with van der Waals surface area (Å²) in [5.74, 6) is -0.410. The lowest BCUT2D eigenvalue weighted by molar-refractivity contribution is -0.446. The number of H-pyrrole nitrogens is 1. The molecule has 0 saturated heterocycles. The highest BCUT2D eigenvalue weighted by Gasteiger charge is 2.15. The van der Waals surface area contributed by atoms with E-state index in [0.717, 1.165) is 0 Å². The first-order chi connectivity index (χ1) is 7.16. The number of hydrogen-bond donors (Lipinski definition) is 3. The average Bonchev–Trinajstić information content (AvgIpc) is 2.72. The van der Waals surface area contributed by atoms with E-state index in [4.69, 9.17) is 5.21 Å². The minimum Gasteiger partial charge on any atom is -0.409 e. The predicted octanol–water partition coefficient (Wildman–Crippen LogP) is -1.70. The highest BCUT2D eigenvalue weighted by molar-refractivity contribution is 5.43. The van der Waals surface area contributed by atoms with Crippen molar-refractivity contribution in [2.45, 2.75) is 0 Å². The van der Waals surface area contributed by atoms with Crippen molar-refractivity contribution in [2.75, 3.05) is 5.43 Å². The first kappa shape index (κ1) is 8.79. The van der Waals surface area contributed by atoms with Gasteiger partial charge in [0.1, 0.15) is 0 Å². The van der Waals surface area contributed by atoms with Gasteiger partial charge in [0.25, 0.3) is 11.8 Å². The van der Waals surface area contributed by atoms with Gasteiger partial charge in [-0.3, -0.25) is 0 Å². The Balaban J connectivity index is 2.28. The molecule has 0 unspecified atom stereocenters. The van der Waals surface area contributed by atoms with Gasteiger partial charge in [0.15, 0.2) is 5.03 Å². The Morgan fingerprint density at radius 3 is 3.00 bits per heavy atom. The van der Waals surface area contributed by atoms with E-state index in [2.05, 4.69) is 30.7 Å². The second-order valence-electron chi connectivity index (χ2n) is 2.27. The van der Waals surface area contributed by atoms with Crippen molar-refractivity contribution in [1.29, 1.82) is 0 Å². The third-order valence-electron chi connectivity index (χ3n) is 1.34. The van der Waals surface area contributed by atoms with Crippen LogP contribution in [0.3, 0.4) is 0 Å². The Hall–Kier alpha value is -2.79. The minimum atomic E-state index is -0.813. The zero-order valence-electron chi connectivity index (χ0n) is 6.89. The number of hydrogen-bond acceptors (Lipinski definition) is 8. The van der Waals surface area contributed by atoms with E-state index < -0.39 is 5.03 Å². The first-order valence-corrected chi connectivity index (χ1v) is 3.48. The van der Waals surface area contributed by atoms with Crippen molar-refractivity contribution in [2.24, 2.45) is 0 Å². The van der Waals surface area contributed by atoms with Gasteiger partial charge in [-0.25, -0.2) is 15.2 Å². The fraction of sp³-hybridized carbons (Fsp3) is 0. The van der Waals surface area contributed by atoms with E-state index in [1.807, 2.05) is 0 Å². The molecule has 0 radical (unpaired) electrons. The third-order valence-corrected chi connectivity index (χ3v) is 1.34. The van der Waals surface area contributed by atoms with E-state index in [1.165, 1.54) is 0 Å². The molecule has 0 atom stereocenters. The van der Waals surface area contributed by atoms with Crippen LogP contribution in [0.25, 0.3) is 11.6 Å². The van der Waals surface area contributed by atoms with Crippen molar-refractivity contribution in [3.63, 3.8) is 0 Å². The summed E-state index contributed by atoms with van der Waals surface area (Å²) in [6.45, 7) is 0. The molecule has 12 nitrogen and oxygen atoms in total. The highest BCUT2D eigenvalue weighted by atomic mass is 16.7. The second kappa shape index (κ2) is 3.17. The Morgan fingerprint density at radius 2 is 2.40 bits per heavy atom. The largest absolute Gasteiger partial charge is 0.409 e. The maximum absolute atomic E-state index is 10.0. The standard InChI is InChI=1S/C3H3N9O3/c13-11-2(6-9-10-11)1-4-3(7-5-1)8-12(14)15/h13H,(H2,4,5,7,8). The quantitative estimate of drug-likeness (QED) is 0.306. The van der Waals surface area contributed by atoms with Crippen LogP contribution in [0.15, 0.2) is 0 Å². The number of nitro groups is 1. The van der Waals surface area contributed by atoms with E-state index in [9.17, 15) is 10.1 Å². The predicted molar refractivity (Wildman–Crippen MR) is 41.0 cm³/mol. The molecule has 0 spiro atoms. The number of nitrogens with one attached hydrogen (secondary N) is 2. The van der Waals surface area contributed by atoms with E-state index >= 15 is 0 Å². The monoisotopic (exact) mass is 213 g/mol. The van der Waals surface area contributed by atoms with Crippen LogP contribution in [-0.4, -0.2) is 45.8 Å². The molecule has 78 valence electrons. The summed E-state index contributed by atoms with van der Waals surface area (Å²) in [5, 5.41) is 33.7. The number of tetrazole rings is 1. The van der Waals surface area contributed by atoms with Gasteiger partial charge in [0.05, 0.1) is 0 Å². The van der Waals surface area contributed by atoms with Crippen LogP contribution in [0.2, 0.25) is 0 Å². The Labute approximate surface area is 80.0 Å². The first-order valence-electron chi connectivity index (χ1n) is 3.48. The summed E-state index contributed by atoms with van der Waals surface area (Å²) < 4.78 is 0. The number of hydrazine groups is 1. The number of rotatable bonds is 3. The molecule has 0 fully saturated rings. The summed E-state index contributed by atoms with van der Waals surface area (Å²) in [7, 11) is 0. The molecule has 0 aliphatic heterocycles. The molecule has 15 heavy (non-hydrogen) atoms. The van der Waals surface area contributed by atoms with Crippen LogP contribution in [0.4, 0.5) is 5.95 Å². The van der Waals surface area contributed by atoms with Crippen LogP contribution in [0, 0.1) is 10.1 Å². The van der Waals surface area contributed by atoms with Gasteiger partial charge in [-0.2, -0.15) is 4.98 Å². The molecular weight excluding hydrogens is 210 g/mol. The van der Waals surface area contributed by atoms with Crippen LogP contribution in [0.1, 0.15) is 0 Å². The molecule has 0 amide bonds.